The highest BCUT2D eigenvalue weighted by Gasteiger charge is 2.58. The second-order valence-electron chi connectivity index (χ2n) is 12.4. The highest BCUT2D eigenvalue weighted by atomic mass is 16.3. The normalized spacial score (nSPS) is 47.8. The van der Waals surface area contributed by atoms with Gasteiger partial charge in [0.05, 0.1) is 6.10 Å². The summed E-state index contributed by atoms with van der Waals surface area (Å²) in [5.74, 6) is 4.87. The first-order chi connectivity index (χ1) is 14.0. The van der Waals surface area contributed by atoms with Gasteiger partial charge in [-0.1, -0.05) is 70.4 Å². The molecule has 1 heteroatoms. The molecule has 0 saturated heterocycles. The SMILES string of the molecule is C[C@]12CC[C@H]3[C@@H](CC=C4C[C@@H](O)CC[C@@]43C)[C@@H]1CC[C@@H]2CCCC1CCCCC1. The number of hydrogen-bond acceptors (Lipinski definition) is 1. The summed E-state index contributed by atoms with van der Waals surface area (Å²) in [7, 11) is 0. The molecule has 1 nitrogen and oxygen atoms in total. The molecular weight excluding hydrogens is 352 g/mol. The summed E-state index contributed by atoms with van der Waals surface area (Å²) >= 11 is 0. The van der Waals surface area contributed by atoms with E-state index >= 15 is 0 Å². The maximum atomic E-state index is 10.2. The molecule has 5 aliphatic rings. The van der Waals surface area contributed by atoms with Gasteiger partial charge in [-0.05, 0) is 98.2 Å². The van der Waals surface area contributed by atoms with E-state index in [9.17, 15) is 5.11 Å². The number of aliphatic hydroxyl groups excluding tert-OH is 1. The van der Waals surface area contributed by atoms with Crippen LogP contribution >= 0.6 is 0 Å². The quantitative estimate of drug-likeness (QED) is 0.481. The fourth-order valence-electron chi connectivity index (χ4n) is 9.35. The van der Waals surface area contributed by atoms with Gasteiger partial charge in [-0.25, -0.2) is 0 Å². The summed E-state index contributed by atoms with van der Waals surface area (Å²) in [6.07, 6.45) is 25.1. The Morgan fingerprint density at radius 1 is 0.897 bits per heavy atom. The van der Waals surface area contributed by atoms with Gasteiger partial charge in [0.15, 0.2) is 0 Å². The molecule has 4 saturated carbocycles. The second-order valence-corrected chi connectivity index (χ2v) is 12.4. The Labute approximate surface area is 180 Å². The summed E-state index contributed by atoms with van der Waals surface area (Å²) in [5.41, 5.74) is 2.66. The lowest BCUT2D eigenvalue weighted by Gasteiger charge is -2.58. The van der Waals surface area contributed by atoms with Crippen molar-refractivity contribution in [1.29, 1.82) is 0 Å². The van der Waals surface area contributed by atoms with Gasteiger partial charge >= 0.3 is 0 Å². The fraction of sp³-hybridized carbons (Fsp3) is 0.929. The largest absolute Gasteiger partial charge is 0.393 e. The minimum absolute atomic E-state index is 0.0697. The Bertz CT molecular complexity index is 616. The van der Waals surface area contributed by atoms with Gasteiger partial charge in [0.2, 0.25) is 0 Å². The Kier molecular flexibility index (Phi) is 5.68. The van der Waals surface area contributed by atoms with Crippen LogP contribution in [0.4, 0.5) is 0 Å². The van der Waals surface area contributed by atoms with E-state index in [4.69, 9.17) is 0 Å². The zero-order chi connectivity index (χ0) is 20.1. The molecule has 7 atom stereocenters. The Morgan fingerprint density at radius 2 is 1.72 bits per heavy atom. The van der Waals surface area contributed by atoms with Crippen molar-refractivity contribution in [3.63, 3.8) is 0 Å². The van der Waals surface area contributed by atoms with Crippen LogP contribution in [0.25, 0.3) is 0 Å². The number of allylic oxidation sites excluding steroid dienone is 1. The van der Waals surface area contributed by atoms with Crippen LogP contribution in [0, 0.1) is 40.4 Å². The predicted molar refractivity (Wildman–Crippen MR) is 122 cm³/mol. The predicted octanol–water partition coefficient (Wildman–Crippen LogP) is 7.68. The minimum atomic E-state index is -0.0697. The Hall–Kier alpha value is -0.300. The van der Waals surface area contributed by atoms with Gasteiger partial charge in [-0.15, -0.1) is 0 Å². The Morgan fingerprint density at radius 3 is 2.55 bits per heavy atom. The molecule has 164 valence electrons. The fourth-order valence-corrected chi connectivity index (χ4v) is 9.35. The molecule has 0 amide bonds. The van der Waals surface area contributed by atoms with Crippen LogP contribution in [0.1, 0.15) is 117 Å². The molecule has 0 unspecified atom stereocenters. The third kappa shape index (κ3) is 3.56. The summed E-state index contributed by atoms with van der Waals surface area (Å²) in [6, 6.07) is 0. The number of aliphatic hydroxyl groups is 1. The summed E-state index contributed by atoms with van der Waals surface area (Å²) < 4.78 is 0. The first kappa shape index (κ1) is 20.6. The molecule has 0 radical (unpaired) electrons. The molecule has 5 aliphatic carbocycles. The van der Waals surface area contributed by atoms with E-state index < -0.39 is 0 Å². The number of hydrogen-bond donors (Lipinski definition) is 1. The maximum Gasteiger partial charge on any atom is 0.0577 e. The van der Waals surface area contributed by atoms with Crippen LogP contribution in [0.3, 0.4) is 0 Å². The van der Waals surface area contributed by atoms with Crippen LogP contribution < -0.4 is 0 Å². The molecule has 0 bridgehead atoms. The molecular formula is C28H46O. The molecule has 1 N–H and O–H groups in total. The lowest BCUT2D eigenvalue weighted by Crippen LogP contribution is -2.50. The monoisotopic (exact) mass is 398 g/mol. The molecule has 0 aromatic carbocycles. The zero-order valence-corrected chi connectivity index (χ0v) is 19.3. The van der Waals surface area contributed by atoms with Gasteiger partial charge in [0.1, 0.15) is 0 Å². The van der Waals surface area contributed by atoms with E-state index in [1.807, 2.05) is 0 Å². The molecule has 0 aliphatic heterocycles. The van der Waals surface area contributed by atoms with Gasteiger partial charge in [-0.2, -0.15) is 0 Å². The van der Waals surface area contributed by atoms with E-state index in [1.165, 1.54) is 89.9 Å². The van der Waals surface area contributed by atoms with Gasteiger partial charge in [-0.3, -0.25) is 0 Å². The van der Waals surface area contributed by atoms with Crippen LogP contribution in [-0.2, 0) is 0 Å². The van der Waals surface area contributed by atoms with Crippen molar-refractivity contribution >= 4 is 0 Å². The standard InChI is InChI=1S/C28H46O/c1-27-18-16-26-24(13-11-22-19-23(29)15-17-28(22,26)2)25(27)14-12-21(27)10-6-9-20-7-4-3-5-8-20/h11,20-21,23-26,29H,3-10,12-19H2,1-2H3/t21-,23-,24-,25-,26-,27+,28-/m0/s1. The first-order valence-electron chi connectivity index (χ1n) is 13.4. The van der Waals surface area contributed by atoms with Crippen molar-refractivity contribution in [3.05, 3.63) is 11.6 Å². The van der Waals surface area contributed by atoms with Crippen molar-refractivity contribution in [3.8, 4) is 0 Å². The third-order valence-corrected chi connectivity index (χ3v) is 11.2. The van der Waals surface area contributed by atoms with Crippen molar-refractivity contribution in [1.82, 2.24) is 0 Å². The number of rotatable bonds is 4. The van der Waals surface area contributed by atoms with E-state index in [2.05, 4.69) is 19.9 Å². The smallest absolute Gasteiger partial charge is 0.0577 e. The van der Waals surface area contributed by atoms with E-state index in [0.29, 0.717) is 10.8 Å². The molecule has 29 heavy (non-hydrogen) atoms. The average Bonchev–Trinajstić information content (AvgIpc) is 3.06. The van der Waals surface area contributed by atoms with Crippen molar-refractivity contribution in [2.45, 2.75) is 123 Å². The molecule has 4 fully saturated rings. The van der Waals surface area contributed by atoms with E-state index in [1.54, 1.807) is 5.57 Å². The molecule has 0 spiro atoms. The van der Waals surface area contributed by atoms with E-state index in [-0.39, 0.29) is 6.10 Å². The van der Waals surface area contributed by atoms with Crippen LogP contribution in [0.5, 0.6) is 0 Å². The van der Waals surface area contributed by atoms with Crippen molar-refractivity contribution < 1.29 is 5.11 Å². The highest BCUT2D eigenvalue weighted by molar-refractivity contribution is 5.25. The van der Waals surface area contributed by atoms with Gasteiger partial charge in [0, 0.05) is 0 Å². The molecule has 5 rings (SSSR count). The molecule has 0 heterocycles. The topological polar surface area (TPSA) is 20.2 Å². The highest BCUT2D eigenvalue weighted by Crippen LogP contribution is 2.66. The third-order valence-electron chi connectivity index (χ3n) is 11.2. The number of fused-ring (bicyclic) bond motifs is 5. The first-order valence-corrected chi connectivity index (χ1v) is 13.4. The van der Waals surface area contributed by atoms with E-state index in [0.717, 1.165) is 42.4 Å². The van der Waals surface area contributed by atoms with Crippen LogP contribution in [0.15, 0.2) is 11.6 Å². The summed E-state index contributed by atoms with van der Waals surface area (Å²) in [4.78, 5) is 0. The zero-order valence-electron chi connectivity index (χ0n) is 19.3. The lowest BCUT2D eigenvalue weighted by molar-refractivity contribution is -0.0509. The maximum absolute atomic E-state index is 10.2. The summed E-state index contributed by atoms with van der Waals surface area (Å²) in [6.45, 7) is 5.28. The molecule has 0 aromatic rings. The van der Waals surface area contributed by atoms with Crippen LogP contribution in [-0.4, -0.2) is 11.2 Å². The van der Waals surface area contributed by atoms with Crippen molar-refractivity contribution in [2.24, 2.45) is 40.4 Å². The van der Waals surface area contributed by atoms with Crippen molar-refractivity contribution in [2.75, 3.05) is 0 Å². The van der Waals surface area contributed by atoms with Crippen LogP contribution in [0.2, 0.25) is 0 Å². The summed E-state index contributed by atoms with van der Waals surface area (Å²) in [5, 5.41) is 10.2. The molecule has 0 aromatic heterocycles. The minimum Gasteiger partial charge on any atom is -0.393 e. The van der Waals surface area contributed by atoms with Gasteiger partial charge < -0.3 is 5.11 Å². The van der Waals surface area contributed by atoms with Gasteiger partial charge in [0.25, 0.3) is 0 Å². The Balaban J connectivity index is 1.24. The average molecular weight is 399 g/mol. The lowest BCUT2D eigenvalue weighted by atomic mass is 9.47. The second kappa shape index (κ2) is 7.99.